The number of ether oxygens (including phenoxy) is 1. The van der Waals surface area contributed by atoms with Crippen LogP contribution in [0.3, 0.4) is 0 Å². The highest BCUT2D eigenvalue weighted by molar-refractivity contribution is 6.18. The summed E-state index contributed by atoms with van der Waals surface area (Å²) in [7, 11) is 3.92. The second-order valence-corrected chi connectivity index (χ2v) is 7.74. The number of anilines is 1. The monoisotopic (exact) mass is 423 g/mol. The smallest absolute Gasteiger partial charge is 0.309 e. The Labute approximate surface area is 182 Å². The number of benzene rings is 1. The van der Waals surface area contributed by atoms with Gasteiger partial charge in [-0.15, -0.1) is 0 Å². The first-order chi connectivity index (χ1) is 14.9. The molecule has 1 aromatic carbocycles. The van der Waals surface area contributed by atoms with Gasteiger partial charge in [-0.3, -0.25) is 19.0 Å². The highest BCUT2D eigenvalue weighted by Crippen LogP contribution is 2.22. The Morgan fingerprint density at radius 2 is 1.77 bits per heavy atom. The van der Waals surface area contributed by atoms with Gasteiger partial charge in [0.05, 0.1) is 12.5 Å². The van der Waals surface area contributed by atoms with Crippen molar-refractivity contribution in [1.82, 2.24) is 9.47 Å². The number of nitrogens with zero attached hydrogens (tertiary/aromatic N) is 3. The van der Waals surface area contributed by atoms with Crippen LogP contribution >= 0.6 is 0 Å². The summed E-state index contributed by atoms with van der Waals surface area (Å²) in [5.74, 6) is -0.618. The van der Waals surface area contributed by atoms with Crippen molar-refractivity contribution in [2.24, 2.45) is 5.92 Å². The summed E-state index contributed by atoms with van der Waals surface area (Å²) in [4.78, 5) is 41.6. The normalized spacial score (nSPS) is 14.9. The minimum absolute atomic E-state index is 0.186. The van der Waals surface area contributed by atoms with Crippen LogP contribution in [0.25, 0.3) is 11.8 Å². The molecule has 1 saturated heterocycles. The molecule has 0 unspecified atom stereocenters. The van der Waals surface area contributed by atoms with Crippen LogP contribution in [0.15, 0.2) is 53.5 Å². The number of amides is 1. The highest BCUT2D eigenvalue weighted by atomic mass is 16.5. The van der Waals surface area contributed by atoms with Crippen molar-refractivity contribution in [3.05, 3.63) is 64.6 Å². The summed E-state index contributed by atoms with van der Waals surface area (Å²) in [5.41, 5.74) is 1.89. The molecular formula is C24H29N3O4. The largest absolute Gasteiger partial charge is 0.466 e. The number of carbonyl (C=O) groups is 2. The van der Waals surface area contributed by atoms with Gasteiger partial charge >= 0.3 is 5.97 Å². The van der Waals surface area contributed by atoms with E-state index in [9.17, 15) is 14.4 Å². The summed E-state index contributed by atoms with van der Waals surface area (Å²) >= 11 is 0. The van der Waals surface area contributed by atoms with Crippen LogP contribution in [-0.2, 0) is 14.3 Å². The summed E-state index contributed by atoms with van der Waals surface area (Å²) in [5, 5.41) is 0. The molecule has 0 saturated carbocycles. The van der Waals surface area contributed by atoms with E-state index in [0.717, 1.165) is 11.3 Å². The molecule has 0 spiro atoms. The molecule has 7 nitrogen and oxygen atoms in total. The summed E-state index contributed by atoms with van der Waals surface area (Å²) < 4.78 is 6.49. The van der Waals surface area contributed by atoms with Crippen molar-refractivity contribution in [2.75, 3.05) is 38.7 Å². The fraction of sp³-hybridized carbons (Fsp3) is 0.375. The first-order valence-electron chi connectivity index (χ1n) is 10.5. The van der Waals surface area contributed by atoms with Gasteiger partial charge in [0.25, 0.3) is 11.5 Å². The maximum Gasteiger partial charge on any atom is 0.309 e. The van der Waals surface area contributed by atoms with Crippen molar-refractivity contribution in [1.29, 1.82) is 0 Å². The molecule has 1 amide bonds. The third kappa shape index (κ3) is 5.42. The topological polar surface area (TPSA) is 71.8 Å². The Kier molecular flexibility index (Phi) is 7.28. The predicted molar refractivity (Wildman–Crippen MR) is 122 cm³/mol. The number of likely N-dealkylation sites (tertiary alicyclic amines) is 1. The van der Waals surface area contributed by atoms with E-state index in [1.165, 1.54) is 10.6 Å². The molecule has 2 aromatic rings. The van der Waals surface area contributed by atoms with Crippen LogP contribution in [0, 0.1) is 5.92 Å². The van der Waals surface area contributed by atoms with Gasteiger partial charge in [0, 0.05) is 45.1 Å². The molecule has 0 bridgehead atoms. The lowest BCUT2D eigenvalue weighted by Gasteiger charge is -2.31. The first kappa shape index (κ1) is 22.3. The van der Waals surface area contributed by atoms with Crippen molar-refractivity contribution in [2.45, 2.75) is 19.8 Å². The molecular weight excluding hydrogens is 394 g/mol. The fourth-order valence-electron chi connectivity index (χ4n) is 3.63. The van der Waals surface area contributed by atoms with Gasteiger partial charge in [0.15, 0.2) is 0 Å². The minimum Gasteiger partial charge on any atom is -0.466 e. The molecule has 1 aliphatic heterocycles. The number of hydrogen-bond acceptors (Lipinski definition) is 5. The van der Waals surface area contributed by atoms with E-state index in [2.05, 4.69) is 0 Å². The molecule has 164 valence electrons. The highest BCUT2D eigenvalue weighted by Gasteiger charge is 2.30. The molecule has 7 heteroatoms. The average Bonchev–Trinajstić information content (AvgIpc) is 2.78. The number of rotatable bonds is 6. The number of aromatic nitrogens is 1. The average molecular weight is 424 g/mol. The van der Waals surface area contributed by atoms with Gasteiger partial charge in [-0.1, -0.05) is 18.2 Å². The number of carbonyl (C=O) groups excluding carboxylic acids is 2. The lowest BCUT2D eigenvalue weighted by molar-refractivity contribution is -0.150. The molecule has 1 fully saturated rings. The van der Waals surface area contributed by atoms with Crippen LogP contribution in [0.2, 0.25) is 0 Å². The second-order valence-electron chi connectivity index (χ2n) is 7.74. The number of pyridine rings is 1. The van der Waals surface area contributed by atoms with E-state index in [4.69, 9.17) is 4.74 Å². The summed E-state index contributed by atoms with van der Waals surface area (Å²) in [6, 6.07) is 12.6. The fourth-order valence-corrected chi connectivity index (χ4v) is 3.63. The zero-order chi connectivity index (χ0) is 22.4. The maximum absolute atomic E-state index is 13.4. The zero-order valence-electron chi connectivity index (χ0n) is 18.3. The van der Waals surface area contributed by atoms with Gasteiger partial charge in [-0.2, -0.15) is 0 Å². The van der Waals surface area contributed by atoms with Crippen LogP contribution in [-0.4, -0.2) is 55.1 Å². The van der Waals surface area contributed by atoms with Gasteiger partial charge in [-0.25, -0.2) is 0 Å². The van der Waals surface area contributed by atoms with Crippen LogP contribution in [0.5, 0.6) is 0 Å². The SMILES string of the molecule is CCOC(=O)C1CCN(C(=O)/C(=C\c2ccc(N(C)C)cc2)n2ccccc2=O)CC1. The minimum atomic E-state index is -0.270. The Morgan fingerprint density at radius 3 is 2.35 bits per heavy atom. The first-order valence-corrected chi connectivity index (χ1v) is 10.5. The van der Waals surface area contributed by atoms with Crippen LogP contribution < -0.4 is 10.5 Å². The molecule has 0 N–H and O–H groups in total. The van der Waals surface area contributed by atoms with Crippen molar-refractivity contribution in [3.63, 3.8) is 0 Å². The number of piperidine rings is 1. The quantitative estimate of drug-likeness (QED) is 0.528. The maximum atomic E-state index is 13.4. The molecule has 1 aromatic heterocycles. The zero-order valence-corrected chi connectivity index (χ0v) is 18.3. The molecule has 0 aliphatic carbocycles. The van der Waals surface area contributed by atoms with E-state index in [1.54, 1.807) is 36.2 Å². The van der Waals surface area contributed by atoms with Gasteiger partial charge in [-0.05, 0) is 49.6 Å². The molecule has 2 heterocycles. The third-order valence-corrected chi connectivity index (χ3v) is 5.42. The van der Waals surface area contributed by atoms with Crippen molar-refractivity contribution in [3.8, 4) is 0 Å². The summed E-state index contributed by atoms with van der Waals surface area (Å²) in [6.45, 7) is 3.03. The Hall–Kier alpha value is -3.35. The number of hydrogen-bond donors (Lipinski definition) is 0. The lowest BCUT2D eigenvalue weighted by Crippen LogP contribution is -2.42. The van der Waals surface area contributed by atoms with Crippen molar-refractivity contribution >= 4 is 29.3 Å². The molecule has 0 radical (unpaired) electrons. The van der Waals surface area contributed by atoms with Crippen molar-refractivity contribution < 1.29 is 14.3 Å². The van der Waals surface area contributed by atoms with Gasteiger partial charge in [0.2, 0.25) is 0 Å². The molecule has 31 heavy (non-hydrogen) atoms. The lowest BCUT2D eigenvalue weighted by atomic mass is 9.96. The number of esters is 1. The van der Waals surface area contributed by atoms with E-state index in [0.29, 0.717) is 32.5 Å². The van der Waals surface area contributed by atoms with E-state index in [1.807, 2.05) is 43.3 Å². The van der Waals surface area contributed by atoms with E-state index in [-0.39, 0.29) is 29.1 Å². The predicted octanol–water partition coefficient (Wildman–Crippen LogP) is 2.71. The standard InChI is InChI=1S/C24H29N3O4/c1-4-31-24(30)19-12-15-26(16-13-19)23(29)21(27-14-6-5-7-22(27)28)17-18-8-10-20(11-9-18)25(2)3/h5-11,14,17,19H,4,12-13,15-16H2,1-3H3/b21-17+. The van der Waals surface area contributed by atoms with E-state index >= 15 is 0 Å². The molecule has 3 rings (SSSR count). The van der Waals surface area contributed by atoms with Crippen LogP contribution in [0.1, 0.15) is 25.3 Å². The third-order valence-electron chi connectivity index (χ3n) is 5.42. The van der Waals surface area contributed by atoms with Gasteiger partial charge < -0.3 is 14.5 Å². The Balaban J connectivity index is 1.87. The summed E-state index contributed by atoms with van der Waals surface area (Å²) in [6.07, 6.45) is 4.45. The second kappa shape index (κ2) is 10.1. The molecule has 0 atom stereocenters. The van der Waals surface area contributed by atoms with E-state index < -0.39 is 0 Å². The van der Waals surface area contributed by atoms with Crippen LogP contribution in [0.4, 0.5) is 5.69 Å². The molecule has 1 aliphatic rings. The van der Waals surface area contributed by atoms with Gasteiger partial charge in [0.1, 0.15) is 5.70 Å². The Morgan fingerprint density at radius 1 is 1.10 bits per heavy atom. The Bertz CT molecular complexity index is 1000.